The molecule has 0 bridgehead atoms. The van der Waals surface area contributed by atoms with Crippen LogP contribution in [0.15, 0.2) is 55.5 Å². The highest BCUT2D eigenvalue weighted by molar-refractivity contribution is 5.95. The van der Waals surface area contributed by atoms with E-state index < -0.39 is 0 Å². The maximum absolute atomic E-state index is 11.9. The van der Waals surface area contributed by atoms with Crippen molar-refractivity contribution in [2.24, 2.45) is 0 Å². The van der Waals surface area contributed by atoms with Gasteiger partial charge in [0.15, 0.2) is 5.82 Å². The zero-order valence-electron chi connectivity index (χ0n) is 16.0. The summed E-state index contributed by atoms with van der Waals surface area (Å²) in [6.45, 7) is 5.67. The maximum atomic E-state index is 11.9. The molecule has 0 saturated heterocycles. The van der Waals surface area contributed by atoms with Gasteiger partial charge in [-0.3, -0.25) is 9.78 Å². The average Bonchev–Trinajstić information content (AvgIpc) is 3.23. The lowest BCUT2D eigenvalue weighted by Gasteiger charge is -2.19. The average molecular weight is 384 g/mol. The second-order valence-electron chi connectivity index (χ2n) is 7.37. The van der Waals surface area contributed by atoms with Crippen LogP contribution in [0.4, 0.5) is 5.82 Å². The first-order valence-electron chi connectivity index (χ1n) is 9.50. The number of pyridine rings is 1. The number of nitrogens with two attached hydrogens (primary N) is 1. The van der Waals surface area contributed by atoms with Crippen molar-refractivity contribution in [3.8, 4) is 11.1 Å². The van der Waals surface area contributed by atoms with E-state index in [0.29, 0.717) is 12.2 Å². The summed E-state index contributed by atoms with van der Waals surface area (Å²) in [7, 11) is 0. The molecule has 1 aliphatic carbocycles. The molecule has 4 aromatic rings. The van der Waals surface area contributed by atoms with Crippen molar-refractivity contribution in [2.45, 2.75) is 25.3 Å². The van der Waals surface area contributed by atoms with Gasteiger partial charge in [0.05, 0.1) is 5.52 Å². The number of amides is 1. The summed E-state index contributed by atoms with van der Waals surface area (Å²) in [6.07, 6.45) is 5.29. The molecule has 0 radical (unpaired) electrons. The number of carbonyl (C=O) groups excluding carboxylic acids is 1. The van der Waals surface area contributed by atoms with Gasteiger partial charge in [0.2, 0.25) is 5.91 Å². The van der Waals surface area contributed by atoms with Crippen LogP contribution in [0.25, 0.3) is 27.5 Å². The van der Waals surface area contributed by atoms with Crippen LogP contribution in [0.1, 0.15) is 24.1 Å². The third kappa shape index (κ3) is 2.58. The molecule has 0 aliphatic heterocycles. The Morgan fingerprint density at radius 2 is 2.17 bits per heavy atom. The fourth-order valence-electron chi connectivity index (χ4n) is 4.38. The fraction of sp³-hybridized carbons (Fsp3) is 0.182. The van der Waals surface area contributed by atoms with Crippen molar-refractivity contribution in [1.29, 1.82) is 0 Å². The van der Waals surface area contributed by atoms with E-state index in [4.69, 9.17) is 5.73 Å². The van der Waals surface area contributed by atoms with Crippen LogP contribution >= 0.6 is 0 Å². The molecule has 0 spiro atoms. The van der Waals surface area contributed by atoms with Crippen molar-refractivity contribution < 1.29 is 4.79 Å². The molecule has 3 N–H and O–H groups in total. The number of para-hydroxylation sites is 1. The third-order valence-corrected chi connectivity index (χ3v) is 5.76. The molecule has 0 fully saturated rings. The zero-order chi connectivity index (χ0) is 20.1. The fourth-order valence-corrected chi connectivity index (χ4v) is 4.38. The molecule has 2 atom stereocenters. The van der Waals surface area contributed by atoms with E-state index in [0.717, 1.165) is 38.8 Å². The summed E-state index contributed by atoms with van der Waals surface area (Å²) in [5.41, 5.74) is 12.1. The molecule has 144 valence electrons. The molecular formula is C22H20N6O. The first-order chi connectivity index (χ1) is 14.1. The maximum Gasteiger partial charge on any atom is 0.243 e. The highest BCUT2D eigenvalue weighted by Crippen LogP contribution is 2.45. The molecule has 5 rings (SSSR count). The molecular weight excluding hydrogens is 364 g/mol. The molecule has 1 amide bonds. The number of nitrogen functional groups attached to an aromatic ring is 1. The molecule has 1 aliphatic rings. The van der Waals surface area contributed by atoms with Gasteiger partial charge < -0.3 is 11.1 Å². The first-order valence-corrected chi connectivity index (χ1v) is 9.50. The minimum atomic E-state index is -0.177. The van der Waals surface area contributed by atoms with E-state index in [2.05, 4.69) is 40.0 Å². The van der Waals surface area contributed by atoms with Crippen LogP contribution in [0.5, 0.6) is 0 Å². The van der Waals surface area contributed by atoms with Crippen LogP contribution < -0.4 is 11.1 Å². The number of nitrogens with one attached hydrogen (secondary N) is 1. The number of hydrogen-bond acceptors (Lipinski definition) is 5. The Morgan fingerprint density at radius 1 is 1.34 bits per heavy atom. The quantitative estimate of drug-likeness (QED) is 0.529. The van der Waals surface area contributed by atoms with Gasteiger partial charge in [-0.2, -0.15) is 5.10 Å². The molecule has 7 nitrogen and oxygen atoms in total. The summed E-state index contributed by atoms with van der Waals surface area (Å²) in [5, 5.41) is 8.55. The highest BCUT2D eigenvalue weighted by atomic mass is 16.1. The van der Waals surface area contributed by atoms with Crippen LogP contribution in [0, 0.1) is 0 Å². The number of benzene rings is 1. The first kappa shape index (κ1) is 17.4. The topological polar surface area (TPSA) is 98.2 Å². The minimum Gasteiger partial charge on any atom is -0.382 e. The van der Waals surface area contributed by atoms with E-state index in [-0.39, 0.29) is 17.9 Å². The summed E-state index contributed by atoms with van der Waals surface area (Å²) in [4.78, 5) is 20.8. The normalized spacial score (nSPS) is 18.1. The predicted molar refractivity (Wildman–Crippen MR) is 112 cm³/mol. The number of nitrogens with zero attached hydrogens (tertiary/aromatic N) is 4. The Labute approximate surface area is 167 Å². The van der Waals surface area contributed by atoms with Gasteiger partial charge in [0.1, 0.15) is 11.8 Å². The molecule has 3 aromatic heterocycles. The van der Waals surface area contributed by atoms with Crippen LogP contribution in [-0.2, 0) is 11.2 Å². The van der Waals surface area contributed by atoms with Crippen molar-refractivity contribution in [2.75, 3.05) is 5.73 Å². The Bertz CT molecular complexity index is 1290. The van der Waals surface area contributed by atoms with Gasteiger partial charge in [-0.15, -0.1) is 0 Å². The van der Waals surface area contributed by atoms with E-state index in [1.165, 1.54) is 12.4 Å². The lowest BCUT2D eigenvalue weighted by molar-refractivity contribution is -0.117. The van der Waals surface area contributed by atoms with Crippen molar-refractivity contribution >= 4 is 28.1 Å². The van der Waals surface area contributed by atoms with Gasteiger partial charge >= 0.3 is 0 Å². The summed E-state index contributed by atoms with van der Waals surface area (Å²) in [6, 6.07) is 10.1. The van der Waals surface area contributed by atoms with Crippen LogP contribution in [0.3, 0.4) is 0 Å². The van der Waals surface area contributed by atoms with E-state index in [9.17, 15) is 4.79 Å². The van der Waals surface area contributed by atoms with Crippen LogP contribution in [0.2, 0.25) is 0 Å². The Kier molecular flexibility index (Phi) is 3.84. The number of carbonyl (C=O) groups is 1. The van der Waals surface area contributed by atoms with Gasteiger partial charge in [-0.05, 0) is 23.8 Å². The molecule has 29 heavy (non-hydrogen) atoms. The summed E-state index contributed by atoms with van der Waals surface area (Å²) < 4.78 is 1.86. The molecule has 7 heteroatoms. The summed E-state index contributed by atoms with van der Waals surface area (Å²) in [5.74, 6) is 0.331. The third-order valence-electron chi connectivity index (χ3n) is 5.76. The van der Waals surface area contributed by atoms with Gasteiger partial charge in [-0.25, -0.2) is 9.50 Å². The lowest BCUT2D eigenvalue weighted by Crippen LogP contribution is -2.36. The number of anilines is 1. The largest absolute Gasteiger partial charge is 0.382 e. The van der Waals surface area contributed by atoms with Crippen LogP contribution in [-0.4, -0.2) is 31.5 Å². The van der Waals surface area contributed by atoms with E-state index >= 15 is 0 Å². The Balaban J connectivity index is 1.75. The monoisotopic (exact) mass is 384 g/mol. The Hall–Kier alpha value is -3.74. The zero-order valence-corrected chi connectivity index (χ0v) is 16.0. The molecule has 1 aromatic carbocycles. The number of fused-ring (bicyclic) bond motifs is 4. The van der Waals surface area contributed by atoms with Gasteiger partial charge in [0.25, 0.3) is 0 Å². The van der Waals surface area contributed by atoms with E-state index in [1.54, 1.807) is 0 Å². The van der Waals surface area contributed by atoms with Crippen molar-refractivity contribution in [3.05, 3.63) is 66.8 Å². The number of hydrogen-bond donors (Lipinski definition) is 2. The van der Waals surface area contributed by atoms with Gasteiger partial charge in [-0.1, -0.05) is 31.7 Å². The second kappa shape index (κ2) is 6.41. The smallest absolute Gasteiger partial charge is 0.243 e. The van der Waals surface area contributed by atoms with Crippen molar-refractivity contribution in [3.63, 3.8) is 0 Å². The molecule has 1 unspecified atom stereocenters. The predicted octanol–water partition coefficient (Wildman–Crippen LogP) is 2.86. The van der Waals surface area contributed by atoms with Gasteiger partial charge in [0, 0.05) is 46.8 Å². The second-order valence-corrected chi connectivity index (χ2v) is 7.37. The Morgan fingerprint density at radius 3 is 3.00 bits per heavy atom. The standard InChI is InChI=1S/C22H20N6O/c1-3-18(29)27-16-9-17-19(12(16)2)20(21-22(23)25-11-26-28(17)21)14-8-13-6-4-5-7-15(13)24-10-14/h3-8,10-12,16H,1,9H2,2H3,(H,27,29)(H2,23,25,26)/t12?,16-/m1/s1. The van der Waals surface area contributed by atoms with E-state index in [1.807, 2.05) is 35.0 Å². The number of rotatable bonds is 3. The lowest BCUT2D eigenvalue weighted by atomic mass is 9.93. The SMILES string of the molecule is C=CC(=O)N[C@@H]1Cc2c(c(-c3cnc4ccccc4c3)c3c(N)ncnn23)C1C. The summed E-state index contributed by atoms with van der Waals surface area (Å²) >= 11 is 0. The molecule has 3 heterocycles. The minimum absolute atomic E-state index is 0.0363. The molecule has 0 saturated carbocycles. The number of aromatic nitrogens is 4. The van der Waals surface area contributed by atoms with Crippen molar-refractivity contribution in [1.82, 2.24) is 24.9 Å². The highest BCUT2D eigenvalue weighted by Gasteiger charge is 2.37.